The van der Waals surface area contributed by atoms with Crippen molar-refractivity contribution in [3.8, 4) is 0 Å². The Morgan fingerprint density at radius 1 is 1.00 bits per heavy atom. The van der Waals surface area contributed by atoms with E-state index in [2.05, 4.69) is 47.8 Å². The molecule has 0 aromatic heterocycles. The van der Waals surface area contributed by atoms with E-state index in [-0.39, 0.29) is 2.14 Å². The lowest BCUT2D eigenvalue weighted by Gasteiger charge is -2.11. The van der Waals surface area contributed by atoms with Crippen LogP contribution >= 0.6 is 47.8 Å². The van der Waals surface area contributed by atoms with Gasteiger partial charge in [-0.2, -0.15) is 0 Å². The molecule has 0 saturated heterocycles. The summed E-state index contributed by atoms with van der Waals surface area (Å²) >= 11 is 10.2. The van der Waals surface area contributed by atoms with Gasteiger partial charge in [0.2, 0.25) is 0 Å². The van der Waals surface area contributed by atoms with E-state index in [1.165, 1.54) is 0 Å². The highest BCUT2D eigenvalue weighted by Gasteiger charge is 2.19. The van der Waals surface area contributed by atoms with Crippen LogP contribution in [0.1, 0.15) is 5.56 Å². The van der Waals surface area contributed by atoms with Gasteiger partial charge in [0.15, 0.2) is 2.14 Å². The van der Waals surface area contributed by atoms with E-state index in [0.717, 1.165) is 11.3 Å². The number of rotatable bonds is 0. The zero-order chi connectivity index (χ0) is 8.48. The molecule has 0 aliphatic heterocycles. The second-order valence-corrected chi connectivity index (χ2v) is 8.88. The van der Waals surface area contributed by atoms with Crippen LogP contribution in [0.25, 0.3) is 0 Å². The normalized spacial score (nSPS) is 11.5. The van der Waals surface area contributed by atoms with Crippen LogP contribution in [0.3, 0.4) is 0 Å². The molecule has 0 atom stereocenters. The van der Waals surface area contributed by atoms with Crippen molar-refractivity contribution in [3.05, 3.63) is 29.8 Å². The van der Waals surface area contributed by atoms with Crippen molar-refractivity contribution in [1.29, 1.82) is 0 Å². The standard InChI is InChI=1S/C7H6Br3N/c8-7(9,10)5-1-3-6(11)4-2-5/h1-4H,11H2. The molecule has 0 amide bonds. The number of benzene rings is 1. The number of hydrogen-bond acceptors (Lipinski definition) is 1. The largest absolute Gasteiger partial charge is 0.399 e. The monoisotopic (exact) mass is 341 g/mol. The second-order valence-electron chi connectivity index (χ2n) is 2.12. The minimum atomic E-state index is -0.333. The summed E-state index contributed by atoms with van der Waals surface area (Å²) in [6.45, 7) is 0. The van der Waals surface area contributed by atoms with E-state index >= 15 is 0 Å². The number of nitrogen functional groups attached to an aromatic ring is 1. The number of halogens is 3. The molecule has 0 aliphatic carbocycles. The Morgan fingerprint density at radius 3 is 1.82 bits per heavy atom. The van der Waals surface area contributed by atoms with Gasteiger partial charge in [0.05, 0.1) is 0 Å². The van der Waals surface area contributed by atoms with Gasteiger partial charge in [0, 0.05) is 5.69 Å². The van der Waals surface area contributed by atoms with Crippen molar-refractivity contribution in [3.63, 3.8) is 0 Å². The molecule has 11 heavy (non-hydrogen) atoms. The number of nitrogens with two attached hydrogens (primary N) is 1. The summed E-state index contributed by atoms with van der Waals surface area (Å²) in [7, 11) is 0. The van der Waals surface area contributed by atoms with Crippen LogP contribution in [0.2, 0.25) is 0 Å². The van der Waals surface area contributed by atoms with Crippen LogP contribution in [0.15, 0.2) is 24.3 Å². The van der Waals surface area contributed by atoms with Crippen molar-refractivity contribution in [2.45, 2.75) is 2.14 Å². The van der Waals surface area contributed by atoms with Crippen LogP contribution in [-0.2, 0) is 2.14 Å². The highest BCUT2D eigenvalue weighted by molar-refractivity contribution is 9.38. The molecular weight excluding hydrogens is 338 g/mol. The predicted octanol–water partition coefficient (Wildman–Crippen LogP) is 3.56. The first-order valence-corrected chi connectivity index (χ1v) is 5.31. The highest BCUT2D eigenvalue weighted by atomic mass is 80.0. The second kappa shape index (κ2) is 3.46. The number of alkyl halides is 3. The lowest BCUT2D eigenvalue weighted by Crippen LogP contribution is -1.97. The average molecular weight is 344 g/mol. The Labute approximate surface area is 90.7 Å². The summed E-state index contributed by atoms with van der Waals surface area (Å²) in [4.78, 5) is 0. The lowest BCUT2D eigenvalue weighted by atomic mass is 10.2. The molecule has 4 heteroatoms. The molecule has 1 nitrogen and oxygen atoms in total. The van der Waals surface area contributed by atoms with Gasteiger partial charge in [-0.15, -0.1) is 0 Å². The molecule has 0 fully saturated rings. The van der Waals surface area contributed by atoms with Gasteiger partial charge in [0.25, 0.3) is 0 Å². The fraction of sp³-hybridized carbons (Fsp3) is 0.143. The molecule has 0 radical (unpaired) electrons. The molecule has 0 aliphatic rings. The maximum atomic E-state index is 5.52. The van der Waals surface area contributed by atoms with Crippen molar-refractivity contribution >= 4 is 53.5 Å². The van der Waals surface area contributed by atoms with E-state index in [9.17, 15) is 0 Å². The van der Waals surface area contributed by atoms with Gasteiger partial charge < -0.3 is 5.73 Å². The third-order valence-electron chi connectivity index (χ3n) is 1.24. The Bertz CT molecular complexity index is 237. The van der Waals surface area contributed by atoms with E-state index in [1.54, 1.807) is 0 Å². The zero-order valence-electron chi connectivity index (χ0n) is 5.52. The fourth-order valence-electron chi connectivity index (χ4n) is 0.672. The number of anilines is 1. The summed E-state index contributed by atoms with van der Waals surface area (Å²) < 4.78 is -0.333. The van der Waals surface area contributed by atoms with E-state index in [4.69, 9.17) is 5.73 Å². The molecule has 1 aromatic rings. The third kappa shape index (κ3) is 2.76. The Kier molecular flexibility index (Phi) is 3.00. The van der Waals surface area contributed by atoms with E-state index in [0.29, 0.717) is 0 Å². The molecule has 0 heterocycles. The first kappa shape index (κ1) is 9.55. The van der Waals surface area contributed by atoms with Crippen molar-refractivity contribution in [2.75, 3.05) is 5.73 Å². The first-order valence-electron chi connectivity index (χ1n) is 2.93. The third-order valence-corrected chi connectivity index (χ3v) is 2.61. The summed E-state index contributed by atoms with van der Waals surface area (Å²) in [6.07, 6.45) is 0. The SMILES string of the molecule is Nc1ccc(C(Br)(Br)Br)cc1. The van der Waals surface area contributed by atoms with Crippen LogP contribution in [0.4, 0.5) is 5.69 Å². The van der Waals surface area contributed by atoms with Crippen LogP contribution in [0, 0.1) is 0 Å². The molecule has 1 aromatic carbocycles. The predicted molar refractivity (Wildman–Crippen MR) is 59.3 cm³/mol. The summed E-state index contributed by atoms with van der Waals surface area (Å²) in [5.74, 6) is 0. The summed E-state index contributed by atoms with van der Waals surface area (Å²) in [6, 6.07) is 7.59. The van der Waals surface area contributed by atoms with E-state index < -0.39 is 0 Å². The quantitative estimate of drug-likeness (QED) is 0.565. The highest BCUT2D eigenvalue weighted by Crippen LogP contribution is 2.44. The van der Waals surface area contributed by atoms with Gasteiger partial charge in [-0.3, -0.25) is 0 Å². The van der Waals surface area contributed by atoms with Gasteiger partial charge >= 0.3 is 0 Å². The maximum Gasteiger partial charge on any atom is 0.159 e. The smallest absolute Gasteiger partial charge is 0.159 e. The Morgan fingerprint density at radius 2 is 1.45 bits per heavy atom. The van der Waals surface area contributed by atoms with E-state index in [1.807, 2.05) is 24.3 Å². The fourth-order valence-corrected chi connectivity index (χ4v) is 1.47. The Balaban J connectivity index is 2.99. The van der Waals surface area contributed by atoms with Gasteiger partial charge in [-0.05, 0) is 17.7 Å². The molecule has 0 bridgehead atoms. The zero-order valence-corrected chi connectivity index (χ0v) is 10.3. The molecule has 0 spiro atoms. The van der Waals surface area contributed by atoms with Gasteiger partial charge in [-0.25, -0.2) is 0 Å². The minimum Gasteiger partial charge on any atom is -0.399 e. The molecular formula is C7H6Br3N. The summed E-state index contributed by atoms with van der Waals surface area (Å²) in [5.41, 5.74) is 7.37. The molecule has 2 N–H and O–H groups in total. The number of hydrogen-bond donors (Lipinski definition) is 1. The van der Waals surface area contributed by atoms with Gasteiger partial charge in [-0.1, -0.05) is 59.9 Å². The van der Waals surface area contributed by atoms with Crippen LogP contribution in [-0.4, -0.2) is 0 Å². The topological polar surface area (TPSA) is 26.0 Å². The Hall–Kier alpha value is 0.460. The molecule has 0 saturated carbocycles. The van der Waals surface area contributed by atoms with Crippen LogP contribution in [0.5, 0.6) is 0 Å². The average Bonchev–Trinajstić information content (AvgIpc) is 1.86. The van der Waals surface area contributed by atoms with Crippen LogP contribution < -0.4 is 5.73 Å². The van der Waals surface area contributed by atoms with Crippen molar-refractivity contribution in [1.82, 2.24) is 0 Å². The maximum absolute atomic E-state index is 5.52. The van der Waals surface area contributed by atoms with Crippen molar-refractivity contribution in [2.24, 2.45) is 0 Å². The lowest BCUT2D eigenvalue weighted by molar-refractivity contribution is 1.37. The summed E-state index contributed by atoms with van der Waals surface area (Å²) in [5, 5.41) is 0. The molecule has 1 rings (SSSR count). The molecule has 0 unspecified atom stereocenters. The minimum absolute atomic E-state index is 0.333. The molecule has 60 valence electrons. The van der Waals surface area contributed by atoms with Crippen molar-refractivity contribution < 1.29 is 0 Å². The van der Waals surface area contributed by atoms with Gasteiger partial charge in [0.1, 0.15) is 0 Å². The first-order chi connectivity index (χ1) is 5.00.